The van der Waals surface area contributed by atoms with Crippen LogP contribution in [0.5, 0.6) is 0 Å². The molecule has 2 saturated carbocycles. The quantitative estimate of drug-likeness (QED) is 0.759. The van der Waals surface area contributed by atoms with Gasteiger partial charge in [0.2, 0.25) is 5.91 Å². The first-order valence-electron chi connectivity index (χ1n) is 9.98. The lowest BCUT2D eigenvalue weighted by Crippen LogP contribution is -2.48. The lowest BCUT2D eigenvalue weighted by molar-refractivity contribution is -0.122. The Balaban J connectivity index is 1.35. The highest BCUT2D eigenvalue weighted by atomic mass is 16.2. The van der Waals surface area contributed by atoms with Crippen molar-refractivity contribution in [1.82, 2.24) is 4.98 Å². The molecule has 28 heavy (non-hydrogen) atoms. The number of hydrogen-bond donors (Lipinski definition) is 3. The van der Waals surface area contributed by atoms with Crippen LogP contribution in [0.1, 0.15) is 42.5 Å². The number of hydrogen-bond acceptors (Lipinski definition) is 4. The van der Waals surface area contributed by atoms with Gasteiger partial charge in [-0.3, -0.25) is 14.6 Å². The second-order valence-electron chi connectivity index (χ2n) is 7.96. The molecular weight excluding hydrogens is 352 g/mol. The van der Waals surface area contributed by atoms with Gasteiger partial charge in [0.1, 0.15) is 0 Å². The molecule has 2 fully saturated rings. The molecule has 2 aliphatic rings. The Morgan fingerprint density at radius 2 is 1.68 bits per heavy atom. The van der Waals surface area contributed by atoms with Crippen molar-refractivity contribution in [2.45, 2.75) is 38.1 Å². The number of nitrogens with two attached hydrogens (primary N) is 1. The van der Waals surface area contributed by atoms with E-state index in [-0.39, 0.29) is 23.8 Å². The second kappa shape index (κ2) is 8.10. The van der Waals surface area contributed by atoms with Crippen molar-refractivity contribution in [2.75, 3.05) is 10.6 Å². The maximum absolute atomic E-state index is 12.7. The lowest BCUT2D eigenvalue weighted by Gasteiger charge is -2.43. The Kier molecular flexibility index (Phi) is 5.39. The fraction of sp³-hybridized carbons (Fsp3) is 0.409. The zero-order chi connectivity index (χ0) is 19.5. The van der Waals surface area contributed by atoms with E-state index in [1.165, 1.54) is 6.42 Å². The minimum atomic E-state index is -0.208. The summed E-state index contributed by atoms with van der Waals surface area (Å²) in [7, 11) is 0. The van der Waals surface area contributed by atoms with Crippen LogP contribution in [-0.4, -0.2) is 22.8 Å². The number of amides is 2. The van der Waals surface area contributed by atoms with Crippen LogP contribution in [-0.2, 0) is 4.79 Å². The average molecular weight is 378 g/mol. The molecule has 2 amide bonds. The number of nitrogens with one attached hydrogen (secondary N) is 2. The van der Waals surface area contributed by atoms with E-state index in [9.17, 15) is 9.59 Å². The van der Waals surface area contributed by atoms with Gasteiger partial charge in [0.15, 0.2) is 0 Å². The Morgan fingerprint density at radius 1 is 0.964 bits per heavy atom. The van der Waals surface area contributed by atoms with E-state index in [0.717, 1.165) is 25.7 Å². The predicted molar refractivity (Wildman–Crippen MR) is 109 cm³/mol. The first kappa shape index (κ1) is 18.6. The van der Waals surface area contributed by atoms with Crippen LogP contribution in [0.4, 0.5) is 11.4 Å². The van der Waals surface area contributed by atoms with E-state index in [0.29, 0.717) is 28.8 Å². The zero-order valence-electron chi connectivity index (χ0n) is 15.8. The monoisotopic (exact) mass is 378 g/mol. The second-order valence-corrected chi connectivity index (χ2v) is 7.96. The number of anilines is 2. The smallest absolute Gasteiger partial charge is 0.255 e. The van der Waals surface area contributed by atoms with Crippen molar-refractivity contribution in [3.8, 4) is 0 Å². The largest absolute Gasteiger partial charge is 0.327 e. The van der Waals surface area contributed by atoms with Gasteiger partial charge in [0.05, 0.1) is 11.9 Å². The average Bonchev–Trinajstić information content (AvgIpc) is 2.69. The summed E-state index contributed by atoms with van der Waals surface area (Å²) in [5.74, 6) is 0.837. The molecule has 6 nitrogen and oxygen atoms in total. The Bertz CT molecular complexity index is 823. The van der Waals surface area contributed by atoms with Gasteiger partial charge < -0.3 is 16.4 Å². The Labute approximate surface area is 164 Å². The molecule has 1 aromatic carbocycles. The highest BCUT2D eigenvalue weighted by Crippen LogP contribution is 2.42. The van der Waals surface area contributed by atoms with Crippen LogP contribution in [0.2, 0.25) is 0 Å². The molecule has 4 N–H and O–H groups in total. The fourth-order valence-electron chi connectivity index (χ4n) is 4.59. The van der Waals surface area contributed by atoms with E-state index in [1.807, 2.05) is 0 Å². The summed E-state index contributed by atoms with van der Waals surface area (Å²) in [6.07, 6.45) is 8.53. The Morgan fingerprint density at radius 3 is 2.32 bits per heavy atom. The number of carbonyl (C=O) groups excluding carboxylic acids is 2. The van der Waals surface area contributed by atoms with Crippen molar-refractivity contribution < 1.29 is 9.59 Å². The van der Waals surface area contributed by atoms with E-state index in [1.54, 1.807) is 48.8 Å². The first-order chi connectivity index (χ1) is 13.6. The van der Waals surface area contributed by atoms with Crippen molar-refractivity contribution in [3.05, 3.63) is 54.4 Å². The number of carbonyl (C=O) groups is 2. The number of pyridine rings is 1. The van der Waals surface area contributed by atoms with Gasteiger partial charge in [0.25, 0.3) is 5.91 Å². The molecule has 0 saturated heterocycles. The SMILES string of the molecule is NC1C2CCCC1CC(C(=O)Nc1ccc(C(=O)Nc3cccnc3)cc1)C2. The summed E-state index contributed by atoms with van der Waals surface area (Å²) >= 11 is 0. The molecule has 1 aromatic heterocycles. The van der Waals surface area contributed by atoms with Gasteiger partial charge in [-0.15, -0.1) is 0 Å². The predicted octanol–water partition coefficient (Wildman–Crippen LogP) is 3.43. The minimum absolute atomic E-state index is 0.0312. The molecular formula is C22H26N4O2. The number of fused-ring (bicyclic) bond motifs is 2. The molecule has 2 unspecified atom stereocenters. The van der Waals surface area contributed by atoms with E-state index in [2.05, 4.69) is 15.6 Å². The third kappa shape index (κ3) is 4.07. The van der Waals surface area contributed by atoms with Gasteiger partial charge in [-0.2, -0.15) is 0 Å². The number of benzene rings is 1. The highest BCUT2D eigenvalue weighted by Gasteiger charge is 2.40. The van der Waals surface area contributed by atoms with Crippen molar-refractivity contribution in [1.29, 1.82) is 0 Å². The lowest BCUT2D eigenvalue weighted by atomic mass is 9.65. The van der Waals surface area contributed by atoms with E-state index < -0.39 is 0 Å². The summed E-state index contributed by atoms with van der Waals surface area (Å²) in [4.78, 5) is 29.0. The van der Waals surface area contributed by atoms with E-state index >= 15 is 0 Å². The van der Waals surface area contributed by atoms with Gasteiger partial charge in [-0.25, -0.2) is 0 Å². The molecule has 6 heteroatoms. The molecule has 2 aliphatic carbocycles. The normalized spacial score (nSPS) is 26.3. The third-order valence-electron chi connectivity index (χ3n) is 6.12. The highest BCUT2D eigenvalue weighted by molar-refractivity contribution is 6.04. The van der Waals surface area contributed by atoms with E-state index in [4.69, 9.17) is 5.73 Å². The zero-order valence-corrected chi connectivity index (χ0v) is 15.8. The first-order valence-corrected chi connectivity index (χ1v) is 9.98. The number of nitrogens with zero attached hydrogens (tertiary/aromatic N) is 1. The molecule has 1 heterocycles. The van der Waals surface area contributed by atoms with Gasteiger partial charge in [-0.1, -0.05) is 6.42 Å². The van der Waals surface area contributed by atoms with Crippen LogP contribution >= 0.6 is 0 Å². The standard InChI is InChI=1S/C22H26N4O2/c23-20-15-3-1-4-16(20)12-17(11-15)22(28)25-18-8-6-14(7-9-18)21(27)26-19-5-2-10-24-13-19/h2,5-10,13,15-17,20H,1,3-4,11-12,23H2,(H,25,28)(H,26,27). The van der Waals surface area contributed by atoms with Crippen LogP contribution in [0.25, 0.3) is 0 Å². The Hall–Kier alpha value is -2.73. The summed E-state index contributed by atoms with van der Waals surface area (Å²) in [5, 5.41) is 5.81. The molecule has 2 aromatic rings. The van der Waals surface area contributed by atoms with Crippen LogP contribution in [0, 0.1) is 17.8 Å². The molecule has 4 rings (SSSR count). The third-order valence-corrected chi connectivity index (χ3v) is 6.12. The summed E-state index contributed by atoms with van der Waals surface area (Å²) < 4.78 is 0. The summed E-state index contributed by atoms with van der Waals surface area (Å²) in [6, 6.07) is 10.8. The number of aromatic nitrogens is 1. The van der Waals surface area contributed by atoms with Crippen LogP contribution in [0.15, 0.2) is 48.8 Å². The van der Waals surface area contributed by atoms with Crippen molar-refractivity contribution >= 4 is 23.2 Å². The molecule has 0 radical (unpaired) electrons. The van der Waals surface area contributed by atoms with Crippen molar-refractivity contribution in [3.63, 3.8) is 0 Å². The molecule has 0 spiro atoms. The van der Waals surface area contributed by atoms with Crippen LogP contribution < -0.4 is 16.4 Å². The molecule has 146 valence electrons. The maximum atomic E-state index is 12.7. The van der Waals surface area contributed by atoms with Crippen molar-refractivity contribution in [2.24, 2.45) is 23.5 Å². The fourth-order valence-corrected chi connectivity index (χ4v) is 4.59. The molecule has 0 aliphatic heterocycles. The van der Waals surface area contributed by atoms with Gasteiger partial charge >= 0.3 is 0 Å². The molecule has 2 atom stereocenters. The summed E-state index contributed by atoms with van der Waals surface area (Å²) in [6.45, 7) is 0. The maximum Gasteiger partial charge on any atom is 0.255 e. The minimum Gasteiger partial charge on any atom is -0.327 e. The van der Waals surface area contributed by atoms with Crippen LogP contribution in [0.3, 0.4) is 0 Å². The van der Waals surface area contributed by atoms with Gasteiger partial charge in [0, 0.05) is 29.4 Å². The topological polar surface area (TPSA) is 97.1 Å². The summed E-state index contributed by atoms with van der Waals surface area (Å²) in [5.41, 5.74) is 8.21. The number of rotatable bonds is 4. The molecule has 2 bridgehead atoms. The van der Waals surface area contributed by atoms with Gasteiger partial charge in [-0.05, 0) is 73.9 Å².